The number of benzene rings is 1. The van der Waals surface area contributed by atoms with Gasteiger partial charge in [-0.3, -0.25) is 0 Å². The first-order valence-electron chi connectivity index (χ1n) is 6.84. The van der Waals surface area contributed by atoms with Gasteiger partial charge in [0.2, 0.25) is 0 Å². The van der Waals surface area contributed by atoms with Crippen molar-refractivity contribution < 1.29 is 8.42 Å². The molecule has 0 amide bonds. The van der Waals surface area contributed by atoms with Gasteiger partial charge in [0.1, 0.15) is 4.21 Å². The minimum Gasteiger partial charge on any atom is -0.328 e. The van der Waals surface area contributed by atoms with E-state index in [1.807, 2.05) is 13.0 Å². The monoisotopic (exact) mass is 344 g/mol. The van der Waals surface area contributed by atoms with Crippen LogP contribution < -0.4 is 5.73 Å². The van der Waals surface area contributed by atoms with Crippen LogP contribution in [-0.2, 0) is 10.0 Å². The van der Waals surface area contributed by atoms with Crippen LogP contribution in [0.1, 0.15) is 19.8 Å². The van der Waals surface area contributed by atoms with Crippen LogP contribution in [0.2, 0.25) is 5.02 Å². The molecule has 2 aromatic rings. The second kappa shape index (κ2) is 5.52. The molecule has 2 heterocycles. The Morgan fingerprint density at radius 2 is 2.14 bits per heavy atom. The van der Waals surface area contributed by atoms with Crippen molar-refractivity contribution in [3.63, 3.8) is 0 Å². The van der Waals surface area contributed by atoms with E-state index in [4.69, 9.17) is 17.3 Å². The maximum absolute atomic E-state index is 12.8. The lowest BCUT2D eigenvalue weighted by atomic mass is 10.0. The maximum atomic E-state index is 12.8. The fourth-order valence-corrected chi connectivity index (χ4v) is 6.12. The molecule has 0 spiro atoms. The topological polar surface area (TPSA) is 63.4 Å². The van der Waals surface area contributed by atoms with Gasteiger partial charge in [0.25, 0.3) is 10.0 Å². The van der Waals surface area contributed by atoms with E-state index in [0.29, 0.717) is 28.6 Å². The van der Waals surface area contributed by atoms with Crippen LogP contribution in [0.4, 0.5) is 0 Å². The van der Waals surface area contributed by atoms with Gasteiger partial charge in [0, 0.05) is 28.4 Å². The van der Waals surface area contributed by atoms with Gasteiger partial charge in [-0.15, -0.1) is 11.3 Å². The lowest BCUT2D eigenvalue weighted by molar-refractivity contribution is 0.247. The molecule has 21 heavy (non-hydrogen) atoms. The third kappa shape index (κ3) is 2.83. The van der Waals surface area contributed by atoms with E-state index >= 15 is 0 Å². The van der Waals surface area contributed by atoms with Crippen molar-refractivity contribution in [1.82, 2.24) is 4.31 Å². The summed E-state index contributed by atoms with van der Waals surface area (Å²) in [6, 6.07) is 7.17. The lowest BCUT2D eigenvalue weighted by Gasteiger charge is -2.34. The molecule has 1 saturated heterocycles. The normalized spacial score (nSPS) is 24.5. The maximum Gasteiger partial charge on any atom is 0.252 e. The standard InChI is InChI=1S/C14H17ClN2O2S2/c1-9-6-12(16)4-5-17(9)21(18,19)14-8-10-7-11(15)2-3-13(10)20-14/h2-3,7-9,12H,4-6,16H2,1H3/t9-,12-/m1/s1. The highest BCUT2D eigenvalue weighted by Gasteiger charge is 2.34. The third-order valence-corrected chi connectivity index (χ3v) is 7.69. The number of fused-ring (bicyclic) bond motifs is 1. The summed E-state index contributed by atoms with van der Waals surface area (Å²) in [5, 5.41) is 1.48. The molecule has 2 atom stereocenters. The molecule has 7 heteroatoms. The second-order valence-corrected chi connectivity index (χ2v) is 9.13. The summed E-state index contributed by atoms with van der Waals surface area (Å²) < 4.78 is 28.5. The van der Waals surface area contributed by atoms with Crippen molar-refractivity contribution >= 4 is 43.0 Å². The molecule has 0 aliphatic carbocycles. The van der Waals surface area contributed by atoms with Gasteiger partial charge < -0.3 is 5.73 Å². The predicted octanol–water partition coefficient (Wildman–Crippen LogP) is 3.06. The Morgan fingerprint density at radius 3 is 2.86 bits per heavy atom. The lowest BCUT2D eigenvalue weighted by Crippen LogP contribution is -2.48. The quantitative estimate of drug-likeness (QED) is 0.910. The van der Waals surface area contributed by atoms with E-state index in [2.05, 4.69) is 0 Å². The number of piperidine rings is 1. The second-order valence-electron chi connectivity index (χ2n) is 5.50. The number of hydrogen-bond donors (Lipinski definition) is 1. The van der Waals surface area contributed by atoms with E-state index in [0.717, 1.165) is 10.1 Å². The van der Waals surface area contributed by atoms with Gasteiger partial charge in [-0.25, -0.2) is 8.42 Å². The van der Waals surface area contributed by atoms with Crippen molar-refractivity contribution in [2.75, 3.05) is 6.54 Å². The fraction of sp³-hybridized carbons (Fsp3) is 0.429. The zero-order chi connectivity index (χ0) is 15.2. The van der Waals surface area contributed by atoms with Gasteiger partial charge in [-0.2, -0.15) is 4.31 Å². The summed E-state index contributed by atoms with van der Waals surface area (Å²) >= 11 is 7.25. The van der Waals surface area contributed by atoms with Gasteiger partial charge in [-0.1, -0.05) is 11.6 Å². The summed E-state index contributed by atoms with van der Waals surface area (Å²) in [5.74, 6) is 0. The molecule has 3 rings (SSSR count). The van der Waals surface area contributed by atoms with Crippen LogP contribution in [0.5, 0.6) is 0 Å². The van der Waals surface area contributed by atoms with Crippen molar-refractivity contribution in [3.8, 4) is 0 Å². The minimum absolute atomic E-state index is 0.0625. The largest absolute Gasteiger partial charge is 0.328 e. The molecule has 0 unspecified atom stereocenters. The Hall–Kier alpha value is -0.660. The number of nitrogens with two attached hydrogens (primary N) is 1. The van der Waals surface area contributed by atoms with Crippen LogP contribution in [0.3, 0.4) is 0 Å². The molecule has 0 saturated carbocycles. The molecule has 2 N–H and O–H groups in total. The van der Waals surface area contributed by atoms with Crippen LogP contribution in [0, 0.1) is 0 Å². The molecular formula is C14H17ClN2O2S2. The number of hydrogen-bond acceptors (Lipinski definition) is 4. The zero-order valence-corrected chi connectivity index (χ0v) is 14.0. The summed E-state index contributed by atoms with van der Waals surface area (Å²) in [4.78, 5) is 0. The number of thiophene rings is 1. The number of rotatable bonds is 2. The molecule has 0 radical (unpaired) electrons. The van der Waals surface area contributed by atoms with E-state index in [1.165, 1.54) is 11.3 Å². The van der Waals surface area contributed by atoms with Crippen molar-refractivity contribution in [2.45, 2.75) is 36.1 Å². The number of sulfonamides is 1. The molecule has 1 aliphatic rings. The highest BCUT2D eigenvalue weighted by Crippen LogP contribution is 2.34. The highest BCUT2D eigenvalue weighted by atomic mass is 35.5. The number of nitrogens with zero attached hydrogens (tertiary/aromatic N) is 1. The Morgan fingerprint density at radius 1 is 1.38 bits per heavy atom. The summed E-state index contributed by atoms with van der Waals surface area (Å²) in [5.41, 5.74) is 5.91. The van der Waals surface area contributed by atoms with E-state index in [9.17, 15) is 8.42 Å². The smallest absolute Gasteiger partial charge is 0.252 e. The van der Waals surface area contributed by atoms with Gasteiger partial charge >= 0.3 is 0 Å². The van der Waals surface area contributed by atoms with Crippen LogP contribution >= 0.6 is 22.9 Å². The van der Waals surface area contributed by atoms with E-state index in [1.54, 1.807) is 22.5 Å². The van der Waals surface area contributed by atoms with Gasteiger partial charge in [0.15, 0.2) is 0 Å². The summed E-state index contributed by atoms with van der Waals surface area (Å²) in [6.07, 6.45) is 1.41. The fourth-order valence-electron chi connectivity index (χ4n) is 2.78. The molecule has 1 aromatic heterocycles. The number of halogens is 1. The van der Waals surface area contributed by atoms with Crippen LogP contribution in [0.25, 0.3) is 10.1 Å². The summed E-state index contributed by atoms with van der Waals surface area (Å²) in [6.45, 7) is 2.40. The molecule has 4 nitrogen and oxygen atoms in total. The molecule has 1 aromatic carbocycles. The average Bonchev–Trinajstić information content (AvgIpc) is 2.81. The first-order chi connectivity index (χ1) is 9.88. The van der Waals surface area contributed by atoms with Crippen molar-refractivity contribution in [3.05, 3.63) is 29.3 Å². The first kappa shape index (κ1) is 15.2. The first-order valence-corrected chi connectivity index (χ1v) is 9.48. The highest BCUT2D eigenvalue weighted by molar-refractivity contribution is 7.91. The van der Waals surface area contributed by atoms with Gasteiger partial charge in [0.05, 0.1) is 0 Å². The van der Waals surface area contributed by atoms with Crippen molar-refractivity contribution in [2.24, 2.45) is 5.73 Å². The Labute approximate surface area is 133 Å². The minimum atomic E-state index is -3.46. The third-order valence-electron chi connectivity index (χ3n) is 3.87. The Balaban J connectivity index is 2.00. The zero-order valence-electron chi connectivity index (χ0n) is 11.6. The summed E-state index contributed by atoms with van der Waals surface area (Å²) in [7, 11) is -3.46. The van der Waals surface area contributed by atoms with Crippen LogP contribution in [0.15, 0.2) is 28.5 Å². The molecule has 114 valence electrons. The Bertz CT molecular complexity index is 772. The predicted molar refractivity (Wildman–Crippen MR) is 87.4 cm³/mol. The SMILES string of the molecule is C[C@@H]1C[C@H](N)CCN1S(=O)(=O)c1cc2cc(Cl)ccc2s1. The Kier molecular flexibility index (Phi) is 4.00. The van der Waals surface area contributed by atoms with Crippen molar-refractivity contribution in [1.29, 1.82) is 0 Å². The van der Waals surface area contributed by atoms with Crippen LogP contribution in [-0.4, -0.2) is 31.4 Å². The average molecular weight is 345 g/mol. The molecule has 1 aliphatic heterocycles. The van der Waals surface area contributed by atoms with E-state index < -0.39 is 10.0 Å². The molecule has 0 bridgehead atoms. The van der Waals surface area contributed by atoms with E-state index in [-0.39, 0.29) is 12.1 Å². The molecular weight excluding hydrogens is 328 g/mol. The molecule has 1 fully saturated rings. The van der Waals surface area contributed by atoms with Gasteiger partial charge in [-0.05, 0) is 49.4 Å².